The molecule has 1 aromatic rings. The van der Waals surface area contributed by atoms with Gasteiger partial charge < -0.3 is 19.9 Å². The second-order valence-electron chi connectivity index (χ2n) is 5.82. The topological polar surface area (TPSA) is 70.8 Å². The van der Waals surface area contributed by atoms with Crippen LogP contribution in [-0.4, -0.2) is 24.9 Å². The number of carbonyl (C=O) groups is 1. The second kappa shape index (κ2) is 5.71. The summed E-state index contributed by atoms with van der Waals surface area (Å²) in [7, 11) is 0. The second-order valence-corrected chi connectivity index (χ2v) is 5.82. The van der Waals surface area contributed by atoms with Gasteiger partial charge in [0.1, 0.15) is 0 Å². The molecule has 0 radical (unpaired) electrons. The van der Waals surface area contributed by atoms with Gasteiger partial charge in [-0.1, -0.05) is 6.07 Å². The minimum absolute atomic E-state index is 0.215. The van der Waals surface area contributed by atoms with Gasteiger partial charge in [0, 0.05) is 6.61 Å². The van der Waals surface area contributed by atoms with Crippen LogP contribution in [0, 0.1) is 0 Å². The van der Waals surface area contributed by atoms with Gasteiger partial charge in [0.15, 0.2) is 11.5 Å². The summed E-state index contributed by atoms with van der Waals surface area (Å²) in [6, 6.07) is 5.47. The summed E-state index contributed by atoms with van der Waals surface area (Å²) >= 11 is 0. The highest BCUT2D eigenvalue weighted by Gasteiger charge is 2.22. The molecule has 1 atom stereocenters. The van der Waals surface area contributed by atoms with Crippen molar-refractivity contribution in [2.45, 2.75) is 38.7 Å². The fraction of sp³-hybridized carbons (Fsp3) is 0.533. The van der Waals surface area contributed by atoms with E-state index >= 15 is 0 Å². The molecule has 5 heteroatoms. The van der Waals surface area contributed by atoms with Crippen LogP contribution in [-0.2, 0) is 9.53 Å². The molecule has 0 aromatic heterocycles. The zero-order valence-electron chi connectivity index (χ0n) is 12.1. The molecule has 1 aliphatic heterocycles. The third-order valence-corrected chi connectivity index (χ3v) is 3.08. The molecule has 1 amide bonds. The normalized spacial score (nSPS) is 15.2. The van der Waals surface area contributed by atoms with Gasteiger partial charge in [-0.15, -0.1) is 0 Å². The van der Waals surface area contributed by atoms with Gasteiger partial charge in [0.05, 0.1) is 11.5 Å². The minimum atomic E-state index is -0.383. The lowest BCUT2D eigenvalue weighted by atomic mass is 9.95. The maximum Gasteiger partial charge on any atom is 0.231 e. The van der Waals surface area contributed by atoms with Crippen LogP contribution in [0.1, 0.15) is 38.7 Å². The van der Waals surface area contributed by atoms with Crippen molar-refractivity contribution < 1.29 is 19.0 Å². The van der Waals surface area contributed by atoms with E-state index in [9.17, 15) is 4.79 Å². The van der Waals surface area contributed by atoms with Crippen LogP contribution in [0.3, 0.4) is 0 Å². The molecule has 0 aliphatic carbocycles. The fourth-order valence-corrected chi connectivity index (χ4v) is 2.09. The Morgan fingerprint density at radius 2 is 2.05 bits per heavy atom. The molecule has 1 aromatic carbocycles. The van der Waals surface area contributed by atoms with E-state index in [-0.39, 0.29) is 24.2 Å². The third-order valence-electron chi connectivity index (χ3n) is 3.08. The van der Waals surface area contributed by atoms with E-state index < -0.39 is 0 Å². The number of hydrogen-bond acceptors (Lipinski definition) is 4. The molecule has 20 heavy (non-hydrogen) atoms. The van der Waals surface area contributed by atoms with Crippen molar-refractivity contribution in [2.24, 2.45) is 5.73 Å². The summed E-state index contributed by atoms with van der Waals surface area (Å²) in [5.41, 5.74) is 6.10. The van der Waals surface area contributed by atoms with E-state index in [2.05, 4.69) is 0 Å². The monoisotopic (exact) mass is 279 g/mol. The maximum absolute atomic E-state index is 11.7. The largest absolute Gasteiger partial charge is 0.454 e. The van der Waals surface area contributed by atoms with Gasteiger partial charge in [0.25, 0.3) is 0 Å². The Hall–Kier alpha value is -1.75. The first kappa shape index (κ1) is 14.7. The predicted molar refractivity (Wildman–Crippen MR) is 74.8 cm³/mol. The molecule has 2 N–H and O–H groups in total. The summed E-state index contributed by atoms with van der Waals surface area (Å²) in [6.45, 7) is 6.63. The first-order chi connectivity index (χ1) is 9.37. The van der Waals surface area contributed by atoms with Crippen LogP contribution in [0.5, 0.6) is 11.5 Å². The summed E-state index contributed by atoms with van der Waals surface area (Å²) < 4.78 is 16.2. The predicted octanol–water partition coefficient (Wildman–Crippen LogP) is 2.19. The maximum atomic E-state index is 11.7. The van der Waals surface area contributed by atoms with Gasteiger partial charge in [-0.05, 0) is 44.9 Å². The standard InChI is InChI=1S/C15H21NO4/c1-15(2,3)20-7-6-11(14(16)17)10-4-5-12-13(8-10)19-9-18-12/h4-5,8,11H,6-7,9H2,1-3H3,(H2,16,17). The van der Waals surface area contributed by atoms with E-state index in [1.807, 2.05) is 32.9 Å². The quantitative estimate of drug-likeness (QED) is 0.897. The van der Waals surface area contributed by atoms with Gasteiger partial charge in [-0.2, -0.15) is 0 Å². The molecule has 0 saturated carbocycles. The van der Waals surface area contributed by atoms with Crippen molar-refractivity contribution in [3.05, 3.63) is 23.8 Å². The third kappa shape index (κ3) is 3.63. The molecule has 5 nitrogen and oxygen atoms in total. The van der Waals surface area contributed by atoms with Crippen LogP contribution in [0.25, 0.3) is 0 Å². The molecule has 1 unspecified atom stereocenters. The zero-order valence-corrected chi connectivity index (χ0v) is 12.1. The van der Waals surface area contributed by atoms with Crippen molar-refractivity contribution in [1.29, 1.82) is 0 Å². The van der Waals surface area contributed by atoms with Crippen LogP contribution in [0.2, 0.25) is 0 Å². The molecule has 0 saturated heterocycles. The van der Waals surface area contributed by atoms with E-state index in [0.29, 0.717) is 24.5 Å². The van der Waals surface area contributed by atoms with E-state index in [4.69, 9.17) is 19.9 Å². The van der Waals surface area contributed by atoms with E-state index in [1.165, 1.54) is 0 Å². The van der Waals surface area contributed by atoms with Crippen molar-refractivity contribution in [1.82, 2.24) is 0 Å². The highest BCUT2D eigenvalue weighted by atomic mass is 16.7. The number of hydrogen-bond donors (Lipinski definition) is 1. The lowest BCUT2D eigenvalue weighted by molar-refractivity contribution is -0.120. The Balaban J connectivity index is 2.07. The number of ether oxygens (including phenoxy) is 3. The first-order valence-corrected chi connectivity index (χ1v) is 6.69. The molecular weight excluding hydrogens is 258 g/mol. The Morgan fingerprint density at radius 3 is 2.70 bits per heavy atom. The van der Waals surface area contributed by atoms with Gasteiger partial charge in [-0.25, -0.2) is 0 Å². The molecule has 110 valence electrons. The molecule has 1 aliphatic rings. The number of nitrogens with two attached hydrogens (primary N) is 1. The molecule has 0 bridgehead atoms. The number of rotatable bonds is 5. The number of fused-ring (bicyclic) bond motifs is 1. The Labute approximate surface area is 119 Å². The fourth-order valence-electron chi connectivity index (χ4n) is 2.09. The lowest BCUT2D eigenvalue weighted by Gasteiger charge is -2.21. The first-order valence-electron chi connectivity index (χ1n) is 6.69. The molecule has 0 spiro atoms. The van der Waals surface area contributed by atoms with Crippen LogP contribution < -0.4 is 15.2 Å². The van der Waals surface area contributed by atoms with Gasteiger partial charge in [-0.3, -0.25) is 4.79 Å². The number of primary amides is 1. The number of carbonyl (C=O) groups excluding carboxylic acids is 1. The van der Waals surface area contributed by atoms with Crippen molar-refractivity contribution in [2.75, 3.05) is 13.4 Å². The van der Waals surface area contributed by atoms with E-state index in [0.717, 1.165) is 5.56 Å². The molecule has 2 rings (SSSR count). The van der Waals surface area contributed by atoms with E-state index in [1.54, 1.807) is 6.07 Å². The number of benzene rings is 1. The highest BCUT2D eigenvalue weighted by Crippen LogP contribution is 2.35. The Kier molecular flexibility index (Phi) is 4.18. The Bertz CT molecular complexity index is 493. The van der Waals surface area contributed by atoms with Crippen LogP contribution in [0.15, 0.2) is 18.2 Å². The summed E-state index contributed by atoms with van der Waals surface area (Å²) in [6.07, 6.45) is 0.548. The van der Waals surface area contributed by atoms with Crippen LogP contribution in [0.4, 0.5) is 0 Å². The van der Waals surface area contributed by atoms with Crippen molar-refractivity contribution >= 4 is 5.91 Å². The van der Waals surface area contributed by atoms with Gasteiger partial charge in [0.2, 0.25) is 12.7 Å². The van der Waals surface area contributed by atoms with Gasteiger partial charge >= 0.3 is 0 Å². The SMILES string of the molecule is CC(C)(C)OCCC(C(N)=O)c1ccc2c(c1)OCO2. The average Bonchev–Trinajstić information content (AvgIpc) is 2.79. The smallest absolute Gasteiger partial charge is 0.231 e. The molecule has 1 heterocycles. The summed E-state index contributed by atoms with van der Waals surface area (Å²) in [5, 5.41) is 0. The molecular formula is C15H21NO4. The van der Waals surface area contributed by atoms with Crippen molar-refractivity contribution in [3.8, 4) is 11.5 Å². The molecule has 0 fully saturated rings. The lowest BCUT2D eigenvalue weighted by Crippen LogP contribution is -2.25. The number of amides is 1. The highest BCUT2D eigenvalue weighted by molar-refractivity contribution is 5.82. The Morgan fingerprint density at radius 1 is 1.35 bits per heavy atom. The summed E-state index contributed by atoms with van der Waals surface area (Å²) in [4.78, 5) is 11.7. The van der Waals surface area contributed by atoms with Crippen LogP contribution >= 0.6 is 0 Å². The summed E-state index contributed by atoms with van der Waals surface area (Å²) in [5.74, 6) is 0.613. The van der Waals surface area contributed by atoms with Crippen molar-refractivity contribution in [3.63, 3.8) is 0 Å². The average molecular weight is 279 g/mol. The minimum Gasteiger partial charge on any atom is -0.454 e. The zero-order chi connectivity index (χ0) is 14.8.